The Labute approximate surface area is 83.8 Å². The molecule has 0 aliphatic rings. The van der Waals surface area contributed by atoms with Crippen molar-refractivity contribution in [2.24, 2.45) is 11.5 Å². The van der Waals surface area contributed by atoms with E-state index in [-0.39, 0.29) is 5.95 Å². The Balaban J connectivity index is 0. The Kier molecular flexibility index (Phi) is 9.34. The third-order valence-electron chi connectivity index (χ3n) is 0.513. The Morgan fingerprint density at radius 1 is 1.07 bits per heavy atom. The van der Waals surface area contributed by atoms with Crippen molar-refractivity contribution < 1.29 is 19.8 Å². The number of primary amides is 2. The summed E-state index contributed by atoms with van der Waals surface area (Å²) in [5.41, 5.74) is 13.2. The monoisotopic (exact) mass is 218 g/mol. The van der Waals surface area contributed by atoms with E-state index < -0.39 is 12.2 Å². The fraction of sp³-hybridized carbons (Fsp3) is 0. The number of hydrogen-bond acceptors (Lipinski definition) is 6. The number of aromatic nitrogens is 3. The van der Waals surface area contributed by atoms with Gasteiger partial charge in [0.05, 0.1) is 0 Å². The Bertz CT molecular complexity index is 271. The van der Waals surface area contributed by atoms with Gasteiger partial charge in [-0.25, -0.2) is 24.5 Å². The lowest BCUT2D eigenvalue weighted by atomic mass is 11.0. The minimum atomic E-state index is -1.33. The SMILES string of the molecule is NC(=O)O.NC(=O)O.Nc1ncncn1. The number of amides is 2. The van der Waals surface area contributed by atoms with Crippen molar-refractivity contribution in [3.8, 4) is 0 Å². The van der Waals surface area contributed by atoms with E-state index in [4.69, 9.17) is 25.5 Å². The molecule has 2 amide bonds. The molecule has 0 saturated heterocycles. The van der Waals surface area contributed by atoms with Gasteiger partial charge in [-0.2, -0.15) is 0 Å². The largest absolute Gasteiger partial charge is 0.465 e. The van der Waals surface area contributed by atoms with Crippen LogP contribution in [0.1, 0.15) is 0 Å². The smallest absolute Gasteiger partial charge is 0.402 e. The molecule has 0 saturated carbocycles. The molecule has 84 valence electrons. The molecule has 0 spiro atoms. The zero-order valence-corrected chi connectivity index (χ0v) is 7.44. The molecule has 1 aromatic heterocycles. The summed E-state index contributed by atoms with van der Waals surface area (Å²) < 4.78 is 0. The summed E-state index contributed by atoms with van der Waals surface area (Å²) in [5, 5.41) is 14.4. The molecule has 0 aromatic carbocycles. The molecule has 0 aliphatic carbocycles. The summed E-state index contributed by atoms with van der Waals surface area (Å²) in [4.78, 5) is 28.2. The molecule has 0 unspecified atom stereocenters. The minimum Gasteiger partial charge on any atom is -0.465 e. The number of carboxylic acid groups (broad SMARTS) is 2. The molecule has 0 aliphatic heterocycles. The van der Waals surface area contributed by atoms with Crippen LogP contribution in [0.2, 0.25) is 0 Å². The van der Waals surface area contributed by atoms with Gasteiger partial charge in [0, 0.05) is 0 Å². The number of nitrogens with two attached hydrogens (primary N) is 3. The predicted molar refractivity (Wildman–Crippen MR) is 48.7 cm³/mol. The first-order valence-corrected chi connectivity index (χ1v) is 3.20. The normalized spacial score (nSPS) is 7.20. The van der Waals surface area contributed by atoms with E-state index in [9.17, 15) is 0 Å². The van der Waals surface area contributed by atoms with Crippen molar-refractivity contribution >= 4 is 18.1 Å². The fourth-order valence-corrected chi connectivity index (χ4v) is 0.248. The molecule has 1 heterocycles. The van der Waals surface area contributed by atoms with E-state index in [0.29, 0.717) is 0 Å². The van der Waals surface area contributed by atoms with Gasteiger partial charge in [0.25, 0.3) is 0 Å². The van der Waals surface area contributed by atoms with Crippen LogP contribution < -0.4 is 17.2 Å². The summed E-state index contributed by atoms with van der Waals surface area (Å²) in [6.07, 6.45) is 0.0324. The summed E-state index contributed by atoms with van der Waals surface area (Å²) in [6, 6.07) is 0. The molecule has 15 heavy (non-hydrogen) atoms. The van der Waals surface area contributed by atoms with Gasteiger partial charge in [0.2, 0.25) is 5.95 Å². The maximum atomic E-state index is 8.78. The summed E-state index contributed by atoms with van der Waals surface area (Å²) in [7, 11) is 0. The van der Waals surface area contributed by atoms with Gasteiger partial charge < -0.3 is 27.4 Å². The van der Waals surface area contributed by atoms with Gasteiger partial charge >= 0.3 is 12.2 Å². The maximum Gasteiger partial charge on any atom is 0.402 e. The van der Waals surface area contributed by atoms with Crippen LogP contribution in [-0.4, -0.2) is 37.4 Å². The van der Waals surface area contributed by atoms with E-state index in [0.717, 1.165) is 0 Å². The van der Waals surface area contributed by atoms with Gasteiger partial charge in [-0.3, -0.25) is 0 Å². The Morgan fingerprint density at radius 3 is 1.47 bits per heavy atom. The summed E-state index contributed by atoms with van der Waals surface area (Å²) in [6.45, 7) is 0. The highest BCUT2D eigenvalue weighted by Gasteiger charge is 1.76. The predicted octanol–water partition coefficient (Wildman–Crippen LogP) is -1.30. The number of hydrogen-bond donors (Lipinski definition) is 5. The minimum absolute atomic E-state index is 0.259. The second-order valence-electron chi connectivity index (χ2n) is 1.67. The van der Waals surface area contributed by atoms with Crippen LogP contribution in [0.4, 0.5) is 15.5 Å². The van der Waals surface area contributed by atoms with Crippen molar-refractivity contribution in [1.29, 1.82) is 0 Å². The van der Waals surface area contributed by atoms with Gasteiger partial charge in [0.1, 0.15) is 12.7 Å². The lowest BCUT2D eigenvalue weighted by Crippen LogP contribution is -2.03. The standard InChI is InChI=1S/C3H4N4.2CH3NO2/c4-3-6-1-5-2-7-3;2*2-1(3)4/h1-2H,(H2,4,5,6,7);2*2H2,(H,3,4). The second kappa shape index (κ2) is 9.44. The van der Waals surface area contributed by atoms with Crippen LogP contribution in [0, 0.1) is 0 Å². The van der Waals surface area contributed by atoms with Crippen LogP contribution >= 0.6 is 0 Å². The number of carbonyl (C=O) groups is 2. The highest BCUT2D eigenvalue weighted by atomic mass is 16.4. The molecule has 1 aromatic rings. The molecule has 0 bridgehead atoms. The zero-order chi connectivity index (χ0) is 12.3. The molecule has 10 heteroatoms. The molecule has 10 nitrogen and oxygen atoms in total. The van der Waals surface area contributed by atoms with Crippen molar-refractivity contribution in [1.82, 2.24) is 15.0 Å². The Hall–Kier alpha value is -2.65. The number of nitrogens with zero attached hydrogens (tertiary/aromatic N) is 3. The lowest BCUT2D eigenvalue weighted by Gasteiger charge is -1.81. The average Bonchev–Trinajstić information content (AvgIpc) is 2.03. The van der Waals surface area contributed by atoms with E-state index in [2.05, 4.69) is 26.4 Å². The average molecular weight is 218 g/mol. The van der Waals surface area contributed by atoms with Crippen LogP contribution in [0.25, 0.3) is 0 Å². The van der Waals surface area contributed by atoms with Crippen LogP contribution in [0.15, 0.2) is 12.7 Å². The van der Waals surface area contributed by atoms with Crippen LogP contribution in [-0.2, 0) is 0 Å². The number of rotatable bonds is 0. The zero-order valence-electron chi connectivity index (χ0n) is 7.44. The lowest BCUT2D eigenvalue weighted by molar-refractivity contribution is 0.204. The van der Waals surface area contributed by atoms with E-state index >= 15 is 0 Å². The van der Waals surface area contributed by atoms with E-state index in [1.165, 1.54) is 12.7 Å². The van der Waals surface area contributed by atoms with Crippen LogP contribution in [0.5, 0.6) is 0 Å². The highest BCUT2D eigenvalue weighted by Crippen LogP contribution is 1.77. The molecule has 1 rings (SSSR count). The van der Waals surface area contributed by atoms with Crippen molar-refractivity contribution in [3.05, 3.63) is 12.7 Å². The first-order valence-electron chi connectivity index (χ1n) is 3.20. The molecule has 0 fully saturated rings. The topological polar surface area (TPSA) is 191 Å². The molecule has 0 radical (unpaired) electrons. The first kappa shape index (κ1) is 14.9. The Morgan fingerprint density at radius 2 is 1.33 bits per heavy atom. The molecular formula is C5H10N6O4. The summed E-state index contributed by atoms with van der Waals surface area (Å²) in [5.74, 6) is 0.259. The van der Waals surface area contributed by atoms with Crippen molar-refractivity contribution in [2.45, 2.75) is 0 Å². The van der Waals surface area contributed by atoms with Gasteiger partial charge in [-0.1, -0.05) is 0 Å². The molecule has 8 N–H and O–H groups in total. The van der Waals surface area contributed by atoms with E-state index in [1.54, 1.807) is 0 Å². The first-order chi connectivity index (χ1) is 6.86. The van der Waals surface area contributed by atoms with Crippen molar-refractivity contribution in [2.75, 3.05) is 5.73 Å². The maximum absolute atomic E-state index is 8.78. The number of anilines is 1. The third-order valence-corrected chi connectivity index (χ3v) is 0.513. The van der Waals surface area contributed by atoms with Gasteiger partial charge in [-0.15, -0.1) is 0 Å². The van der Waals surface area contributed by atoms with Gasteiger partial charge in [-0.05, 0) is 0 Å². The highest BCUT2D eigenvalue weighted by molar-refractivity contribution is 5.61. The second-order valence-corrected chi connectivity index (χ2v) is 1.67. The fourth-order valence-electron chi connectivity index (χ4n) is 0.248. The quantitative estimate of drug-likeness (QED) is 0.354. The molecular weight excluding hydrogens is 208 g/mol. The summed E-state index contributed by atoms with van der Waals surface area (Å²) >= 11 is 0. The molecule has 0 atom stereocenters. The van der Waals surface area contributed by atoms with Gasteiger partial charge in [0.15, 0.2) is 0 Å². The third kappa shape index (κ3) is 34.7. The van der Waals surface area contributed by atoms with Crippen LogP contribution in [0.3, 0.4) is 0 Å². The number of nitrogen functional groups attached to an aromatic ring is 1. The van der Waals surface area contributed by atoms with E-state index in [1.807, 2.05) is 0 Å². The van der Waals surface area contributed by atoms with Crippen molar-refractivity contribution in [3.63, 3.8) is 0 Å².